The van der Waals surface area contributed by atoms with Crippen molar-refractivity contribution in [3.8, 4) is 23.0 Å². The van der Waals surface area contributed by atoms with E-state index in [9.17, 15) is 24.9 Å². The van der Waals surface area contributed by atoms with Crippen LogP contribution in [0.4, 0.5) is 0 Å². The second kappa shape index (κ2) is 9.31. The number of phenols is 2. The van der Waals surface area contributed by atoms with Gasteiger partial charge >= 0.3 is 11.9 Å². The molecule has 0 aromatic heterocycles. The molecule has 28 heavy (non-hydrogen) atoms. The number of hydrogen-bond acceptors (Lipinski definition) is 7. The summed E-state index contributed by atoms with van der Waals surface area (Å²) < 4.78 is 15.3. The molecule has 0 aliphatic rings. The van der Waals surface area contributed by atoms with Crippen molar-refractivity contribution >= 4 is 18.0 Å². The molecule has 0 saturated carbocycles. The molecular formula is C20H20O8. The Balaban J connectivity index is 2.06. The molecule has 2 aromatic carbocycles. The molecule has 8 heteroatoms. The quantitative estimate of drug-likeness (QED) is 0.358. The molecular weight excluding hydrogens is 368 g/mol. The molecule has 0 bridgehead atoms. The summed E-state index contributed by atoms with van der Waals surface area (Å²) in [6.45, 7) is 0. The van der Waals surface area contributed by atoms with Crippen molar-refractivity contribution in [2.24, 2.45) is 0 Å². The number of carboxylic acid groups (broad SMARTS) is 1. The first-order valence-corrected chi connectivity index (χ1v) is 8.18. The van der Waals surface area contributed by atoms with Crippen LogP contribution >= 0.6 is 0 Å². The fourth-order valence-electron chi connectivity index (χ4n) is 2.39. The van der Waals surface area contributed by atoms with E-state index in [1.807, 2.05) is 0 Å². The van der Waals surface area contributed by atoms with Gasteiger partial charge < -0.3 is 29.5 Å². The first kappa shape index (κ1) is 20.6. The van der Waals surface area contributed by atoms with Crippen LogP contribution in [0.3, 0.4) is 0 Å². The summed E-state index contributed by atoms with van der Waals surface area (Å²) in [5, 5.41) is 28.1. The van der Waals surface area contributed by atoms with E-state index in [2.05, 4.69) is 0 Å². The number of carbonyl (C=O) groups is 2. The third-order valence-electron chi connectivity index (χ3n) is 3.81. The van der Waals surface area contributed by atoms with Crippen LogP contribution in [0.5, 0.6) is 23.0 Å². The van der Waals surface area contributed by atoms with E-state index in [0.29, 0.717) is 22.6 Å². The summed E-state index contributed by atoms with van der Waals surface area (Å²) in [4.78, 5) is 23.4. The van der Waals surface area contributed by atoms with Gasteiger partial charge in [0.05, 0.1) is 14.2 Å². The van der Waals surface area contributed by atoms with Crippen molar-refractivity contribution in [1.82, 2.24) is 0 Å². The van der Waals surface area contributed by atoms with Crippen LogP contribution in [0.1, 0.15) is 11.1 Å². The summed E-state index contributed by atoms with van der Waals surface area (Å²) in [5.74, 6) is -1.88. The number of aliphatic carboxylic acids is 1. The van der Waals surface area contributed by atoms with E-state index in [1.54, 1.807) is 18.2 Å². The molecule has 0 amide bonds. The van der Waals surface area contributed by atoms with Gasteiger partial charge in [-0.2, -0.15) is 0 Å². The van der Waals surface area contributed by atoms with Crippen molar-refractivity contribution in [1.29, 1.82) is 0 Å². The van der Waals surface area contributed by atoms with Crippen LogP contribution in [0.25, 0.3) is 6.08 Å². The van der Waals surface area contributed by atoms with Crippen molar-refractivity contribution in [2.75, 3.05) is 14.2 Å². The summed E-state index contributed by atoms with van der Waals surface area (Å²) in [6, 6.07) is 8.87. The zero-order chi connectivity index (χ0) is 20.7. The number of benzene rings is 2. The van der Waals surface area contributed by atoms with Gasteiger partial charge in [0.25, 0.3) is 0 Å². The smallest absolute Gasteiger partial charge is 0.345 e. The predicted molar refractivity (Wildman–Crippen MR) is 99.6 cm³/mol. The van der Waals surface area contributed by atoms with Crippen molar-refractivity contribution in [2.45, 2.75) is 12.5 Å². The van der Waals surface area contributed by atoms with Gasteiger partial charge in [0, 0.05) is 12.5 Å². The van der Waals surface area contributed by atoms with E-state index in [4.69, 9.17) is 14.2 Å². The number of hydrogen-bond donors (Lipinski definition) is 3. The van der Waals surface area contributed by atoms with E-state index in [1.165, 1.54) is 38.5 Å². The Labute approximate surface area is 161 Å². The minimum atomic E-state index is -1.45. The Hall–Kier alpha value is -3.68. The van der Waals surface area contributed by atoms with Crippen LogP contribution in [-0.2, 0) is 20.7 Å². The van der Waals surface area contributed by atoms with Crippen LogP contribution < -0.4 is 9.47 Å². The predicted octanol–water partition coefficient (Wildman–Crippen LogP) is 2.37. The molecule has 148 valence electrons. The highest BCUT2D eigenvalue weighted by molar-refractivity contribution is 5.89. The number of carbonyl (C=O) groups excluding carboxylic acids is 1. The lowest BCUT2D eigenvalue weighted by Gasteiger charge is -2.13. The molecule has 0 fully saturated rings. The molecule has 0 radical (unpaired) electrons. The number of rotatable bonds is 8. The average molecular weight is 388 g/mol. The monoisotopic (exact) mass is 388 g/mol. The Morgan fingerprint density at radius 3 is 2.32 bits per heavy atom. The Bertz CT molecular complexity index is 888. The summed E-state index contributed by atoms with van der Waals surface area (Å²) >= 11 is 0. The molecule has 0 spiro atoms. The average Bonchev–Trinajstić information content (AvgIpc) is 2.68. The van der Waals surface area contributed by atoms with Gasteiger partial charge in [-0.1, -0.05) is 12.1 Å². The summed E-state index contributed by atoms with van der Waals surface area (Å²) in [5.41, 5.74) is 1.02. The number of aromatic hydroxyl groups is 2. The fraction of sp³-hybridized carbons (Fsp3) is 0.200. The lowest BCUT2D eigenvalue weighted by Crippen LogP contribution is -2.28. The molecule has 0 saturated heterocycles. The minimum absolute atomic E-state index is 0.168. The lowest BCUT2D eigenvalue weighted by atomic mass is 10.1. The maximum atomic E-state index is 12.0. The fourth-order valence-corrected chi connectivity index (χ4v) is 2.39. The topological polar surface area (TPSA) is 123 Å². The van der Waals surface area contributed by atoms with Gasteiger partial charge in [-0.15, -0.1) is 0 Å². The first-order chi connectivity index (χ1) is 13.3. The van der Waals surface area contributed by atoms with Crippen molar-refractivity contribution in [3.05, 3.63) is 53.6 Å². The molecule has 2 aromatic rings. The number of ether oxygens (including phenoxy) is 3. The first-order valence-electron chi connectivity index (χ1n) is 8.18. The second-order valence-electron chi connectivity index (χ2n) is 5.74. The number of esters is 1. The van der Waals surface area contributed by atoms with Crippen LogP contribution in [0.2, 0.25) is 0 Å². The van der Waals surface area contributed by atoms with Gasteiger partial charge in [0.1, 0.15) is 0 Å². The molecule has 1 atom stereocenters. The SMILES string of the molecule is COc1ccc(/C=C/C(=O)O[C@@H](Cc2ccc(O)c(O)c2)C(=O)O)cc1OC. The summed E-state index contributed by atoms with van der Waals surface area (Å²) in [6.07, 6.45) is 0.937. The van der Waals surface area contributed by atoms with Crippen LogP contribution in [0.15, 0.2) is 42.5 Å². The number of carboxylic acids is 1. The third kappa shape index (κ3) is 5.41. The molecule has 0 heterocycles. The maximum absolute atomic E-state index is 12.0. The van der Waals surface area contributed by atoms with E-state index in [0.717, 1.165) is 6.08 Å². The standard InChI is InChI=1S/C20H20O8/c1-26-16-7-4-12(10-17(16)27-2)5-8-19(23)28-18(20(24)25)11-13-3-6-14(21)15(22)9-13/h3-10,18,21-22H,11H2,1-2H3,(H,24,25)/b8-5+/t18-/m0/s1. The highest BCUT2D eigenvalue weighted by atomic mass is 16.6. The van der Waals surface area contributed by atoms with E-state index >= 15 is 0 Å². The van der Waals surface area contributed by atoms with Gasteiger partial charge in [0.15, 0.2) is 23.0 Å². The highest BCUT2D eigenvalue weighted by Gasteiger charge is 2.22. The zero-order valence-corrected chi connectivity index (χ0v) is 15.3. The molecule has 8 nitrogen and oxygen atoms in total. The third-order valence-corrected chi connectivity index (χ3v) is 3.81. The zero-order valence-electron chi connectivity index (χ0n) is 15.3. The molecule has 0 unspecified atom stereocenters. The van der Waals surface area contributed by atoms with Gasteiger partial charge in [-0.3, -0.25) is 0 Å². The Morgan fingerprint density at radius 1 is 1.00 bits per heavy atom. The van der Waals surface area contributed by atoms with Gasteiger partial charge in [0.2, 0.25) is 6.10 Å². The molecule has 3 N–H and O–H groups in total. The number of methoxy groups -OCH3 is 2. The van der Waals surface area contributed by atoms with Crippen LogP contribution in [0, 0.1) is 0 Å². The van der Waals surface area contributed by atoms with Gasteiger partial charge in [-0.25, -0.2) is 9.59 Å². The van der Waals surface area contributed by atoms with Crippen molar-refractivity contribution < 1.29 is 39.1 Å². The van der Waals surface area contributed by atoms with Crippen molar-refractivity contribution in [3.63, 3.8) is 0 Å². The van der Waals surface area contributed by atoms with Crippen LogP contribution in [-0.4, -0.2) is 47.6 Å². The summed E-state index contributed by atoms with van der Waals surface area (Å²) in [7, 11) is 2.99. The Kier molecular flexibility index (Phi) is 6.86. The van der Waals surface area contributed by atoms with E-state index < -0.39 is 18.0 Å². The largest absolute Gasteiger partial charge is 0.504 e. The second-order valence-corrected chi connectivity index (χ2v) is 5.74. The van der Waals surface area contributed by atoms with E-state index in [-0.39, 0.29) is 17.9 Å². The molecule has 2 rings (SSSR count). The maximum Gasteiger partial charge on any atom is 0.345 e. The molecule has 0 aliphatic heterocycles. The highest BCUT2D eigenvalue weighted by Crippen LogP contribution is 2.28. The number of phenolic OH excluding ortho intramolecular Hbond substituents is 2. The molecule has 0 aliphatic carbocycles. The lowest BCUT2D eigenvalue weighted by molar-refractivity contribution is -0.160. The Morgan fingerprint density at radius 2 is 1.71 bits per heavy atom. The minimum Gasteiger partial charge on any atom is -0.504 e. The normalized spacial score (nSPS) is 11.8. The van der Waals surface area contributed by atoms with Gasteiger partial charge in [-0.05, 0) is 41.5 Å².